The molecule has 6 nitrogen and oxygen atoms in total. The SMILES string of the molecule is CC(C)(C)c1cc(C(=O)N(N)C(=O)c2cc(C(C)(C)C)cc(C(C)(C)C)c2O)c(O)c(C(C)(C)C)c1. The number of phenols is 2. The van der Waals surface area contributed by atoms with Crippen LogP contribution in [0.2, 0.25) is 0 Å². The highest BCUT2D eigenvalue weighted by molar-refractivity contribution is 6.12. The maximum Gasteiger partial charge on any atom is 0.278 e. The molecule has 0 aliphatic heterocycles. The average molecular weight is 497 g/mol. The Morgan fingerprint density at radius 1 is 0.583 bits per heavy atom. The molecule has 4 N–H and O–H groups in total. The van der Waals surface area contributed by atoms with E-state index in [0.717, 1.165) is 11.1 Å². The second kappa shape index (κ2) is 9.22. The van der Waals surface area contributed by atoms with E-state index in [1.807, 2.05) is 95.2 Å². The molecule has 2 amide bonds. The summed E-state index contributed by atoms with van der Waals surface area (Å²) in [6.07, 6.45) is 0. The third kappa shape index (κ3) is 5.92. The molecule has 0 aliphatic carbocycles. The second-order valence-electron chi connectivity index (χ2n) is 13.8. The number of nitrogens with zero attached hydrogens (tertiary/aromatic N) is 1. The molecule has 0 atom stereocenters. The number of carbonyl (C=O) groups is 2. The first-order chi connectivity index (χ1) is 16.0. The van der Waals surface area contributed by atoms with Crippen molar-refractivity contribution in [2.45, 2.75) is 105 Å². The zero-order valence-corrected chi connectivity index (χ0v) is 24.0. The van der Waals surface area contributed by atoms with Crippen LogP contribution in [0.5, 0.6) is 11.5 Å². The van der Waals surface area contributed by atoms with E-state index in [9.17, 15) is 19.8 Å². The molecule has 0 fully saturated rings. The summed E-state index contributed by atoms with van der Waals surface area (Å²) in [5, 5.41) is 22.6. The number of carbonyl (C=O) groups excluding carboxylic acids is 2. The fourth-order valence-electron chi connectivity index (χ4n) is 3.96. The lowest BCUT2D eigenvalue weighted by atomic mass is 9.78. The van der Waals surface area contributed by atoms with Crippen LogP contribution in [0.25, 0.3) is 0 Å². The van der Waals surface area contributed by atoms with Gasteiger partial charge in [0.2, 0.25) is 0 Å². The molecule has 6 heteroatoms. The summed E-state index contributed by atoms with van der Waals surface area (Å²) in [6, 6.07) is 6.96. The van der Waals surface area contributed by atoms with Crippen LogP contribution < -0.4 is 5.84 Å². The van der Waals surface area contributed by atoms with Crippen LogP contribution in [0.4, 0.5) is 0 Å². The fraction of sp³-hybridized carbons (Fsp3) is 0.533. The number of nitrogens with two attached hydrogens (primary N) is 1. The van der Waals surface area contributed by atoms with Gasteiger partial charge in [-0.05, 0) is 44.9 Å². The lowest BCUT2D eigenvalue weighted by molar-refractivity contribution is 0.0612. The fourth-order valence-corrected chi connectivity index (χ4v) is 3.96. The van der Waals surface area contributed by atoms with Crippen LogP contribution in [0.15, 0.2) is 24.3 Å². The Kier molecular flexibility index (Phi) is 7.52. The number of hydrazine groups is 1. The standard InChI is InChI=1S/C30H44N2O4/c1-27(2,3)17-13-19(23(33)21(15-17)29(7,8)9)25(35)32(31)26(36)20-14-18(28(4,5)6)16-22(24(20)34)30(10,11)12/h13-16,33-34H,31H2,1-12H3. The predicted molar refractivity (Wildman–Crippen MR) is 146 cm³/mol. The minimum Gasteiger partial charge on any atom is -0.507 e. The predicted octanol–water partition coefficient (Wildman–Crippen LogP) is 6.44. The van der Waals surface area contributed by atoms with Gasteiger partial charge in [-0.15, -0.1) is 0 Å². The minimum absolute atomic E-state index is 0.0503. The highest BCUT2D eigenvalue weighted by atomic mass is 16.3. The summed E-state index contributed by atoms with van der Waals surface area (Å²) < 4.78 is 0. The van der Waals surface area contributed by atoms with E-state index in [1.165, 1.54) is 0 Å². The normalized spacial score (nSPS) is 13.0. The van der Waals surface area contributed by atoms with Gasteiger partial charge in [0.05, 0.1) is 11.1 Å². The summed E-state index contributed by atoms with van der Waals surface area (Å²) in [4.78, 5) is 27.1. The topological polar surface area (TPSA) is 104 Å². The quantitative estimate of drug-likeness (QED) is 0.192. The van der Waals surface area contributed by atoms with Crippen molar-refractivity contribution < 1.29 is 19.8 Å². The number of imide groups is 1. The third-order valence-electron chi connectivity index (χ3n) is 6.47. The van der Waals surface area contributed by atoms with Crippen LogP contribution in [0.1, 0.15) is 126 Å². The van der Waals surface area contributed by atoms with E-state index in [1.54, 1.807) is 12.1 Å². The molecule has 0 spiro atoms. The van der Waals surface area contributed by atoms with E-state index in [0.29, 0.717) is 16.1 Å². The number of rotatable bonds is 2. The van der Waals surface area contributed by atoms with Crippen molar-refractivity contribution in [1.82, 2.24) is 5.01 Å². The largest absolute Gasteiger partial charge is 0.507 e. The Bertz CT molecular complexity index is 1090. The Morgan fingerprint density at radius 2 is 0.861 bits per heavy atom. The number of amides is 2. The molecule has 0 saturated heterocycles. The molecule has 0 unspecified atom stereocenters. The van der Waals surface area contributed by atoms with Gasteiger partial charge >= 0.3 is 0 Å². The second-order valence-corrected chi connectivity index (χ2v) is 13.8. The monoisotopic (exact) mass is 496 g/mol. The Balaban J connectivity index is 2.72. The van der Waals surface area contributed by atoms with Gasteiger partial charge in [0.25, 0.3) is 11.8 Å². The highest BCUT2D eigenvalue weighted by Gasteiger charge is 2.33. The van der Waals surface area contributed by atoms with Gasteiger partial charge in [-0.1, -0.05) is 95.2 Å². The van der Waals surface area contributed by atoms with Crippen molar-refractivity contribution >= 4 is 11.8 Å². The average Bonchev–Trinajstić information content (AvgIpc) is 2.69. The van der Waals surface area contributed by atoms with Crippen LogP contribution in [-0.4, -0.2) is 27.0 Å². The molecule has 0 heterocycles. The van der Waals surface area contributed by atoms with Gasteiger partial charge in [0.1, 0.15) is 11.5 Å². The van der Waals surface area contributed by atoms with Crippen LogP contribution in [0.3, 0.4) is 0 Å². The summed E-state index contributed by atoms with van der Waals surface area (Å²) in [5.41, 5.74) is 1.22. The van der Waals surface area contributed by atoms with Gasteiger partial charge in [-0.2, -0.15) is 0 Å². The van der Waals surface area contributed by atoms with Crippen molar-refractivity contribution in [3.8, 4) is 11.5 Å². The molecule has 36 heavy (non-hydrogen) atoms. The number of hydrogen-bond acceptors (Lipinski definition) is 5. The van der Waals surface area contributed by atoms with E-state index in [4.69, 9.17) is 5.84 Å². The van der Waals surface area contributed by atoms with Crippen LogP contribution in [-0.2, 0) is 21.7 Å². The number of aromatic hydroxyl groups is 2. The molecule has 2 rings (SSSR count). The van der Waals surface area contributed by atoms with Crippen molar-refractivity contribution in [3.63, 3.8) is 0 Å². The summed E-state index contributed by atoms with van der Waals surface area (Å²) >= 11 is 0. The van der Waals surface area contributed by atoms with E-state index >= 15 is 0 Å². The minimum atomic E-state index is -0.841. The molecule has 0 aromatic heterocycles. The summed E-state index contributed by atoms with van der Waals surface area (Å²) in [6.45, 7) is 23.7. The molecule has 0 radical (unpaired) electrons. The zero-order chi connectivity index (χ0) is 28.2. The first kappa shape index (κ1) is 29.4. The van der Waals surface area contributed by atoms with Crippen molar-refractivity contribution in [2.75, 3.05) is 0 Å². The maximum absolute atomic E-state index is 13.6. The van der Waals surface area contributed by atoms with Crippen LogP contribution in [0, 0.1) is 0 Å². The number of benzene rings is 2. The van der Waals surface area contributed by atoms with Crippen molar-refractivity contribution in [2.24, 2.45) is 5.84 Å². The molecular weight excluding hydrogens is 452 g/mol. The molecule has 2 aromatic rings. The molecule has 0 saturated carbocycles. The maximum atomic E-state index is 13.6. The van der Waals surface area contributed by atoms with Crippen molar-refractivity contribution in [3.05, 3.63) is 57.6 Å². The molecule has 2 aromatic carbocycles. The van der Waals surface area contributed by atoms with Crippen LogP contribution >= 0.6 is 0 Å². The summed E-state index contributed by atoms with van der Waals surface area (Å²) in [5.74, 6) is 4.03. The van der Waals surface area contributed by atoms with E-state index in [-0.39, 0.29) is 33.5 Å². The molecule has 0 aliphatic rings. The zero-order valence-electron chi connectivity index (χ0n) is 24.0. The lowest BCUT2D eigenvalue weighted by Gasteiger charge is -2.29. The highest BCUT2D eigenvalue weighted by Crippen LogP contribution is 2.40. The van der Waals surface area contributed by atoms with Gasteiger partial charge in [0, 0.05) is 11.1 Å². The van der Waals surface area contributed by atoms with Crippen molar-refractivity contribution in [1.29, 1.82) is 0 Å². The van der Waals surface area contributed by atoms with Gasteiger partial charge in [-0.3, -0.25) is 9.59 Å². The Morgan fingerprint density at radius 3 is 1.08 bits per heavy atom. The third-order valence-corrected chi connectivity index (χ3v) is 6.47. The van der Waals surface area contributed by atoms with E-state index in [2.05, 4.69) is 0 Å². The first-order valence-corrected chi connectivity index (χ1v) is 12.4. The number of phenolic OH excluding ortho intramolecular Hbond substituents is 2. The van der Waals surface area contributed by atoms with Gasteiger partial charge < -0.3 is 10.2 Å². The molecular formula is C30H44N2O4. The summed E-state index contributed by atoms with van der Waals surface area (Å²) in [7, 11) is 0. The smallest absolute Gasteiger partial charge is 0.278 e. The molecule has 198 valence electrons. The van der Waals surface area contributed by atoms with Gasteiger partial charge in [0.15, 0.2) is 0 Å². The lowest BCUT2D eigenvalue weighted by Crippen LogP contribution is -2.43. The van der Waals surface area contributed by atoms with Gasteiger partial charge in [-0.25, -0.2) is 10.9 Å². The Hall–Kier alpha value is -2.86. The van der Waals surface area contributed by atoms with E-state index < -0.39 is 22.6 Å². The molecule has 0 bridgehead atoms. The first-order valence-electron chi connectivity index (χ1n) is 12.4. The number of hydrogen-bond donors (Lipinski definition) is 3. The Labute approximate surface area is 216 Å².